The van der Waals surface area contributed by atoms with E-state index in [0.29, 0.717) is 35.3 Å². The van der Waals surface area contributed by atoms with Gasteiger partial charge in [0.25, 0.3) is 11.8 Å². The van der Waals surface area contributed by atoms with Crippen LogP contribution < -0.4 is 16.0 Å². The Kier molecular flexibility index (Phi) is 8.55. The number of amides is 2. The smallest absolute Gasteiger partial charge is 0.278 e. The Labute approximate surface area is 239 Å². The number of aromatic nitrogens is 3. The number of pyridine rings is 3. The molecule has 1 saturated carbocycles. The molecule has 3 aromatic heterocycles. The van der Waals surface area contributed by atoms with Gasteiger partial charge in [-0.2, -0.15) is 0 Å². The minimum atomic E-state index is -0.754. The highest BCUT2D eigenvalue weighted by Crippen LogP contribution is 2.39. The van der Waals surface area contributed by atoms with E-state index in [1.807, 2.05) is 6.20 Å². The fraction of sp³-hybridized carbons (Fsp3) is 0.433. The van der Waals surface area contributed by atoms with Crippen molar-refractivity contribution in [1.29, 1.82) is 0 Å². The van der Waals surface area contributed by atoms with Crippen molar-refractivity contribution in [3.05, 3.63) is 76.8 Å². The minimum absolute atomic E-state index is 0.190. The maximum Gasteiger partial charge on any atom is 0.278 e. The first kappa shape index (κ1) is 28.6. The van der Waals surface area contributed by atoms with Crippen LogP contribution in [0.3, 0.4) is 0 Å². The number of carbonyl (C=O) groups is 2. The number of hydrogen-bond acceptors (Lipinski definition) is 8. The maximum atomic E-state index is 15.2. The number of anilines is 2. The van der Waals surface area contributed by atoms with Crippen molar-refractivity contribution in [2.24, 2.45) is 0 Å². The molecule has 1 saturated heterocycles. The summed E-state index contributed by atoms with van der Waals surface area (Å²) in [7, 11) is 3.30. The highest BCUT2D eigenvalue weighted by molar-refractivity contribution is 6.03. The van der Waals surface area contributed by atoms with Crippen molar-refractivity contribution >= 4 is 23.3 Å². The van der Waals surface area contributed by atoms with Crippen LogP contribution in [0, 0.1) is 12.7 Å². The monoisotopic (exact) mass is 560 g/mol. The minimum Gasteiger partial charge on any atom is -0.374 e. The summed E-state index contributed by atoms with van der Waals surface area (Å²) in [6.45, 7) is 7.30. The Hall–Kier alpha value is -3.96. The molecule has 0 radical (unpaired) electrons. The topological polar surface area (TPSA) is 115 Å². The van der Waals surface area contributed by atoms with Crippen LogP contribution in [0.4, 0.5) is 15.9 Å². The van der Waals surface area contributed by atoms with Crippen molar-refractivity contribution in [3.63, 3.8) is 0 Å². The first-order valence-corrected chi connectivity index (χ1v) is 14.0. The van der Waals surface area contributed by atoms with Gasteiger partial charge < -0.3 is 20.9 Å². The standard InChI is InChI=1S/C30H37FN8O2/c1-18-11-22(30(41)38(3)4)14-35-28(18)37-29(40)27-24(31)12-23(15-34-27)36-26(17-39-10-9-32-19(2)16-39)25-8-7-21(13-33-25)20-5-6-20/h7-8,11-15,19-20,26,32,36H,5-6,9-10,16-17H2,1-4H3,(H,35,37,40). The van der Waals surface area contributed by atoms with Crippen molar-refractivity contribution in [1.82, 2.24) is 30.1 Å². The van der Waals surface area contributed by atoms with Crippen LogP contribution in [0.25, 0.3) is 0 Å². The van der Waals surface area contributed by atoms with E-state index in [-0.39, 0.29) is 23.5 Å². The highest BCUT2D eigenvalue weighted by atomic mass is 19.1. The van der Waals surface area contributed by atoms with Gasteiger partial charge in [0, 0.05) is 64.8 Å². The fourth-order valence-electron chi connectivity index (χ4n) is 5.06. The van der Waals surface area contributed by atoms with Gasteiger partial charge in [0.05, 0.1) is 29.2 Å². The average molecular weight is 561 g/mol. The molecule has 1 aliphatic heterocycles. The number of rotatable bonds is 9. The normalized spacial score (nSPS) is 18.0. The van der Waals surface area contributed by atoms with E-state index < -0.39 is 11.7 Å². The second-order valence-corrected chi connectivity index (χ2v) is 11.2. The molecule has 1 aliphatic carbocycles. The van der Waals surface area contributed by atoms with Gasteiger partial charge in [-0.3, -0.25) is 19.5 Å². The first-order chi connectivity index (χ1) is 19.7. The van der Waals surface area contributed by atoms with Gasteiger partial charge in [-0.15, -0.1) is 0 Å². The van der Waals surface area contributed by atoms with Gasteiger partial charge in [-0.05, 0) is 55.9 Å². The number of hydrogen-bond donors (Lipinski definition) is 3. The molecule has 4 heterocycles. The molecule has 10 nitrogen and oxygen atoms in total. The first-order valence-electron chi connectivity index (χ1n) is 14.0. The van der Waals surface area contributed by atoms with Crippen molar-refractivity contribution in [3.8, 4) is 0 Å². The zero-order valence-electron chi connectivity index (χ0n) is 23.9. The van der Waals surface area contributed by atoms with Crippen LogP contribution in [0.15, 0.2) is 42.9 Å². The zero-order valence-corrected chi connectivity index (χ0v) is 23.9. The van der Waals surface area contributed by atoms with Gasteiger partial charge >= 0.3 is 0 Å². The number of aryl methyl sites for hydroxylation is 1. The Balaban J connectivity index is 1.30. The van der Waals surface area contributed by atoms with Crippen molar-refractivity contribution < 1.29 is 14.0 Å². The molecule has 0 bridgehead atoms. The maximum absolute atomic E-state index is 15.2. The lowest BCUT2D eigenvalue weighted by atomic mass is 10.1. The van der Waals surface area contributed by atoms with Crippen LogP contribution in [0.1, 0.15) is 69.4 Å². The third-order valence-electron chi connectivity index (χ3n) is 7.47. The number of halogens is 1. The number of piperazine rings is 1. The summed E-state index contributed by atoms with van der Waals surface area (Å²) < 4.78 is 15.2. The van der Waals surface area contributed by atoms with E-state index >= 15 is 4.39 Å². The Morgan fingerprint density at radius 1 is 1.15 bits per heavy atom. The summed E-state index contributed by atoms with van der Waals surface area (Å²) >= 11 is 0. The Bertz CT molecular complexity index is 1410. The zero-order chi connectivity index (χ0) is 29.1. The lowest BCUT2D eigenvalue weighted by Gasteiger charge is -2.34. The molecule has 0 aromatic carbocycles. The Morgan fingerprint density at radius 2 is 1.95 bits per heavy atom. The lowest BCUT2D eigenvalue weighted by molar-refractivity contribution is 0.0827. The van der Waals surface area contributed by atoms with Gasteiger partial charge in [0.1, 0.15) is 5.82 Å². The summed E-state index contributed by atoms with van der Waals surface area (Å²) in [5.41, 5.74) is 3.23. The van der Waals surface area contributed by atoms with Crippen LogP contribution in [0.5, 0.6) is 0 Å². The molecule has 2 atom stereocenters. The average Bonchev–Trinajstić information content (AvgIpc) is 3.79. The summed E-state index contributed by atoms with van der Waals surface area (Å²) in [4.78, 5) is 42.0. The van der Waals surface area contributed by atoms with Crippen LogP contribution in [-0.2, 0) is 0 Å². The largest absolute Gasteiger partial charge is 0.374 e. The third-order valence-corrected chi connectivity index (χ3v) is 7.47. The van der Waals surface area contributed by atoms with Crippen LogP contribution >= 0.6 is 0 Å². The molecule has 2 amide bonds. The molecule has 0 spiro atoms. The van der Waals surface area contributed by atoms with E-state index in [1.54, 1.807) is 27.1 Å². The summed E-state index contributed by atoms with van der Waals surface area (Å²) in [6.07, 6.45) is 7.22. The van der Waals surface area contributed by atoms with E-state index in [9.17, 15) is 9.59 Å². The second kappa shape index (κ2) is 12.3. The number of carbonyl (C=O) groups excluding carboxylic acids is 2. The molecular formula is C30H37FN8O2. The molecule has 2 fully saturated rings. The predicted octanol–water partition coefficient (Wildman–Crippen LogP) is 3.60. The van der Waals surface area contributed by atoms with Crippen molar-refractivity contribution in [2.75, 3.05) is 50.9 Å². The van der Waals surface area contributed by atoms with E-state index in [1.165, 1.54) is 41.8 Å². The number of nitrogens with one attached hydrogen (secondary N) is 3. The number of nitrogens with zero attached hydrogens (tertiary/aromatic N) is 5. The second-order valence-electron chi connectivity index (χ2n) is 11.2. The Morgan fingerprint density at radius 3 is 2.59 bits per heavy atom. The molecule has 5 rings (SSSR count). The quantitative estimate of drug-likeness (QED) is 0.364. The lowest BCUT2D eigenvalue weighted by Crippen LogP contribution is -2.50. The van der Waals surface area contributed by atoms with Gasteiger partial charge in [-0.1, -0.05) is 6.07 Å². The molecule has 216 valence electrons. The molecule has 11 heteroatoms. The fourth-order valence-corrected chi connectivity index (χ4v) is 5.06. The summed E-state index contributed by atoms with van der Waals surface area (Å²) in [6, 6.07) is 7.30. The summed E-state index contributed by atoms with van der Waals surface area (Å²) in [5, 5.41) is 9.47. The van der Waals surface area contributed by atoms with Gasteiger partial charge in [0.15, 0.2) is 11.5 Å². The molecular weight excluding hydrogens is 523 g/mol. The van der Waals surface area contributed by atoms with E-state index in [2.05, 4.69) is 49.9 Å². The molecule has 2 aliphatic rings. The summed E-state index contributed by atoms with van der Waals surface area (Å²) in [5.74, 6) is -0.824. The van der Waals surface area contributed by atoms with Crippen LogP contribution in [0.2, 0.25) is 0 Å². The van der Waals surface area contributed by atoms with Gasteiger partial charge in [0.2, 0.25) is 0 Å². The molecule has 3 aromatic rings. The van der Waals surface area contributed by atoms with Crippen molar-refractivity contribution in [2.45, 2.75) is 44.7 Å². The molecule has 2 unspecified atom stereocenters. The molecule has 3 N–H and O–H groups in total. The van der Waals surface area contributed by atoms with Crippen LogP contribution in [-0.4, -0.2) is 82.9 Å². The molecule has 41 heavy (non-hydrogen) atoms. The van der Waals surface area contributed by atoms with E-state index in [4.69, 9.17) is 4.98 Å². The third kappa shape index (κ3) is 7.04. The predicted molar refractivity (Wildman–Crippen MR) is 156 cm³/mol. The van der Waals surface area contributed by atoms with Gasteiger partial charge in [-0.25, -0.2) is 14.4 Å². The van der Waals surface area contributed by atoms with E-state index in [0.717, 1.165) is 25.3 Å². The highest BCUT2D eigenvalue weighted by Gasteiger charge is 2.26. The SMILES string of the molecule is Cc1cc(C(=O)N(C)C)cnc1NC(=O)c1ncc(NC(CN2CCNC(C)C2)c2ccc(C3CC3)cn2)cc1F.